The molecular formula is C15H16F3NO2. The lowest BCUT2D eigenvalue weighted by molar-refractivity contribution is -0.208. The van der Waals surface area contributed by atoms with Crippen molar-refractivity contribution in [2.24, 2.45) is 0 Å². The summed E-state index contributed by atoms with van der Waals surface area (Å²) in [5.74, 6) is 0.670. The number of aliphatic hydroxyl groups is 1. The standard InChI is InChI=1S/C15H16F3NO2/c1-3-19-12(10-4-6-11(21-2)7-5-10)8-9-13(19)14(20)15(16,17)18/h4-9,14,20H,3H2,1-2H3. The highest BCUT2D eigenvalue weighted by atomic mass is 19.4. The van der Waals surface area contributed by atoms with Gasteiger partial charge in [0.15, 0.2) is 6.10 Å². The molecule has 1 atom stereocenters. The molecule has 0 radical (unpaired) electrons. The third-order valence-electron chi connectivity index (χ3n) is 3.31. The van der Waals surface area contributed by atoms with Gasteiger partial charge in [-0.1, -0.05) is 0 Å². The first-order valence-corrected chi connectivity index (χ1v) is 6.47. The molecule has 0 amide bonds. The molecular weight excluding hydrogens is 283 g/mol. The molecule has 1 aromatic carbocycles. The Morgan fingerprint density at radius 2 is 1.76 bits per heavy atom. The number of aromatic nitrogens is 1. The Hall–Kier alpha value is -1.95. The molecule has 0 bridgehead atoms. The third-order valence-corrected chi connectivity index (χ3v) is 3.31. The van der Waals surface area contributed by atoms with Crippen molar-refractivity contribution in [3.05, 3.63) is 42.1 Å². The smallest absolute Gasteiger partial charge is 0.420 e. The van der Waals surface area contributed by atoms with Gasteiger partial charge in [-0.15, -0.1) is 0 Å². The lowest BCUT2D eigenvalue weighted by Gasteiger charge is -2.18. The maximum atomic E-state index is 12.7. The third kappa shape index (κ3) is 3.05. The van der Waals surface area contributed by atoms with E-state index in [-0.39, 0.29) is 5.69 Å². The van der Waals surface area contributed by atoms with E-state index < -0.39 is 12.3 Å². The van der Waals surface area contributed by atoms with Crippen LogP contribution in [0.4, 0.5) is 13.2 Å². The number of benzene rings is 1. The van der Waals surface area contributed by atoms with Crippen molar-refractivity contribution in [1.29, 1.82) is 0 Å². The van der Waals surface area contributed by atoms with Crippen molar-refractivity contribution in [3.8, 4) is 17.0 Å². The highest BCUT2D eigenvalue weighted by Gasteiger charge is 2.41. The van der Waals surface area contributed by atoms with Gasteiger partial charge in [0.1, 0.15) is 5.75 Å². The predicted octanol–water partition coefficient (Wildman–Crippen LogP) is 3.78. The second kappa shape index (κ2) is 5.81. The van der Waals surface area contributed by atoms with Gasteiger partial charge in [-0.3, -0.25) is 0 Å². The van der Waals surface area contributed by atoms with Crippen molar-refractivity contribution in [2.45, 2.75) is 25.7 Å². The number of rotatable bonds is 4. The fraction of sp³-hybridized carbons (Fsp3) is 0.333. The number of hydrogen-bond acceptors (Lipinski definition) is 2. The largest absolute Gasteiger partial charge is 0.497 e. The first-order valence-electron chi connectivity index (χ1n) is 6.47. The molecule has 1 heterocycles. The minimum atomic E-state index is -4.68. The average molecular weight is 299 g/mol. The second-order valence-corrected chi connectivity index (χ2v) is 4.56. The zero-order valence-corrected chi connectivity index (χ0v) is 11.7. The molecule has 2 rings (SSSR count). The summed E-state index contributed by atoms with van der Waals surface area (Å²) in [7, 11) is 1.54. The van der Waals surface area contributed by atoms with E-state index in [1.165, 1.54) is 10.6 Å². The molecule has 21 heavy (non-hydrogen) atoms. The fourth-order valence-electron chi connectivity index (χ4n) is 2.26. The normalized spacial score (nSPS) is 13.2. The summed E-state index contributed by atoms with van der Waals surface area (Å²) in [6.07, 6.45) is -7.16. The van der Waals surface area contributed by atoms with Crippen molar-refractivity contribution in [3.63, 3.8) is 0 Å². The van der Waals surface area contributed by atoms with Crippen LogP contribution in [-0.2, 0) is 6.54 Å². The van der Waals surface area contributed by atoms with E-state index in [0.717, 1.165) is 5.56 Å². The summed E-state index contributed by atoms with van der Waals surface area (Å²) in [5.41, 5.74) is 1.23. The number of methoxy groups -OCH3 is 1. The summed E-state index contributed by atoms with van der Waals surface area (Å²) in [6.45, 7) is 2.07. The molecule has 1 aromatic heterocycles. The van der Waals surface area contributed by atoms with Crippen LogP contribution in [0.3, 0.4) is 0 Å². The van der Waals surface area contributed by atoms with Crippen LogP contribution in [0.2, 0.25) is 0 Å². The number of alkyl halides is 3. The van der Waals surface area contributed by atoms with Gasteiger partial charge in [0.25, 0.3) is 0 Å². The van der Waals surface area contributed by atoms with E-state index in [9.17, 15) is 18.3 Å². The number of aliphatic hydroxyl groups excluding tert-OH is 1. The van der Waals surface area contributed by atoms with Crippen LogP contribution in [0.25, 0.3) is 11.3 Å². The Balaban J connectivity index is 2.43. The first-order chi connectivity index (χ1) is 9.88. The zero-order chi connectivity index (χ0) is 15.6. The number of nitrogens with zero attached hydrogens (tertiary/aromatic N) is 1. The molecule has 1 unspecified atom stereocenters. The Labute approximate surface area is 120 Å². The van der Waals surface area contributed by atoms with Gasteiger partial charge >= 0.3 is 6.18 Å². The van der Waals surface area contributed by atoms with Gasteiger partial charge in [0, 0.05) is 12.2 Å². The van der Waals surface area contributed by atoms with Crippen molar-refractivity contribution < 1.29 is 23.0 Å². The summed E-state index contributed by atoms with van der Waals surface area (Å²) >= 11 is 0. The minimum absolute atomic E-state index is 0.157. The van der Waals surface area contributed by atoms with Gasteiger partial charge in [0.2, 0.25) is 0 Å². The molecule has 3 nitrogen and oxygen atoms in total. The maximum Gasteiger partial charge on any atom is 0.420 e. The van der Waals surface area contributed by atoms with Crippen LogP contribution in [0.1, 0.15) is 18.7 Å². The van der Waals surface area contributed by atoms with E-state index in [2.05, 4.69) is 0 Å². The van der Waals surface area contributed by atoms with Crippen LogP contribution >= 0.6 is 0 Å². The molecule has 1 N–H and O–H groups in total. The highest BCUT2D eigenvalue weighted by Crippen LogP contribution is 2.35. The van der Waals surface area contributed by atoms with Gasteiger partial charge in [-0.05, 0) is 48.9 Å². The molecule has 114 valence electrons. The summed E-state index contributed by atoms with van der Waals surface area (Å²) in [4.78, 5) is 0. The molecule has 0 aliphatic rings. The monoisotopic (exact) mass is 299 g/mol. The van der Waals surface area contributed by atoms with Crippen molar-refractivity contribution >= 4 is 0 Å². The Bertz CT molecular complexity index is 602. The minimum Gasteiger partial charge on any atom is -0.497 e. The van der Waals surface area contributed by atoms with E-state index in [0.29, 0.717) is 18.0 Å². The lowest BCUT2D eigenvalue weighted by Crippen LogP contribution is -2.23. The van der Waals surface area contributed by atoms with E-state index >= 15 is 0 Å². The zero-order valence-electron chi connectivity index (χ0n) is 11.7. The molecule has 0 spiro atoms. The highest BCUT2D eigenvalue weighted by molar-refractivity contribution is 5.62. The molecule has 0 aliphatic carbocycles. The fourth-order valence-corrected chi connectivity index (χ4v) is 2.26. The van der Waals surface area contributed by atoms with Gasteiger partial charge < -0.3 is 14.4 Å². The Morgan fingerprint density at radius 3 is 2.24 bits per heavy atom. The number of hydrogen-bond donors (Lipinski definition) is 1. The first kappa shape index (κ1) is 15.4. The van der Waals surface area contributed by atoms with Crippen LogP contribution < -0.4 is 4.74 Å². The molecule has 0 saturated heterocycles. The summed E-state index contributed by atoms with van der Waals surface area (Å²) < 4.78 is 44.6. The molecule has 6 heteroatoms. The van der Waals surface area contributed by atoms with Crippen LogP contribution in [0.15, 0.2) is 36.4 Å². The second-order valence-electron chi connectivity index (χ2n) is 4.56. The molecule has 0 saturated carbocycles. The van der Waals surface area contributed by atoms with Crippen LogP contribution in [0.5, 0.6) is 5.75 Å². The van der Waals surface area contributed by atoms with Crippen LogP contribution in [-0.4, -0.2) is 23.0 Å². The van der Waals surface area contributed by atoms with E-state index in [1.807, 2.05) is 0 Å². The number of halogens is 3. The number of ether oxygens (including phenoxy) is 1. The summed E-state index contributed by atoms with van der Waals surface area (Å²) in [5, 5.41) is 9.45. The van der Waals surface area contributed by atoms with Crippen molar-refractivity contribution in [2.75, 3.05) is 7.11 Å². The van der Waals surface area contributed by atoms with Crippen LogP contribution in [0, 0.1) is 0 Å². The Kier molecular flexibility index (Phi) is 4.27. The topological polar surface area (TPSA) is 34.4 Å². The average Bonchev–Trinajstić information content (AvgIpc) is 2.89. The maximum absolute atomic E-state index is 12.7. The SMILES string of the molecule is CCn1c(-c2ccc(OC)cc2)ccc1C(O)C(F)(F)F. The predicted molar refractivity (Wildman–Crippen MR) is 73.1 cm³/mol. The van der Waals surface area contributed by atoms with E-state index in [1.54, 1.807) is 44.4 Å². The van der Waals surface area contributed by atoms with E-state index in [4.69, 9.17) is 4.74 Å². The quantitative estimate of drug-likeness (QED) is 0.932. The van der Waals surface area contributed by atoms with Gasteiger partial charge in [-0.2, -0.15) is 13.2 Å². The molecule has 0 aliphatic heterocycles. The Morgan fingerprint density at radius 1 is 1.14 bits per heavy atom. The lowest BCUT2D eigenvalue weighted by atomic mass is 10.1. The molecule has 0 fully saturated rings. The van der Waals surface area contributed by atoms with Gasteiger partial charge in [0.05, 0.1) is 12.8 Å². The summed E-state index contributed by atoms with van der Waals surface area (Å²) in [6, 6.07) is 9.90. The van der Waals surface area contributed by atoms with Gasteiger partial charge in [-0.25, -0.2) is 0 Å². The van der Waals surface area contributed by atoms with Crippen molar-refractivity contribution in [1.82, 2.24) is 4.57 Å². The molecule has 2 aromatic rings.